The summed E-state index contributed by atoms with van der Waals surface area (Å²) in [5.74, 6) is -2.18. The van der Waals surface area contributed by atoms with Crippen LogP contribution in [0.25, 0.3) is 0 Å². The summed E-state index contributed by atoms with van der Waals surface area (Å²) in [6, 6.07) is 0. The number of aliphatic hydroxyl groups excluding tert-OH is 1. The molecule has 0 spiro atoms. The quantitative estimate of drug-likeness (QED) is 0.0169. The molecule has 0 fully saturated rings. The van der Waals surface area contributed by atoms with Crippen molar-refractivity contribution in [1.29, 1.82) is 0 Å². The molecule has 0 heterocycles. The third kappa shape index (κ3) is 71.4. The Balaban J connectivity index is 5.32. The third-order valence-electron chi connectivity index (χ3n) is 17.3. The van der Waals surface area contributed by atoms with Crippen LogP contribution in [0.3, 0.4) is 0 Å². The van der Waals surface area contributed by atoms with Crippen molar-refractivity contribution in [3.63, 3.8) is 0 Å². The average molecular weight is 1430 g/mol. The van der Waals surface area contributed by atoms with Gasteiger partial charge in [-0.3, -0.25) is 37.3 Å². The van der Waals surface area contributed by atoms with Crippen LogP contribution >= 0.6 is 15.6 Å². The van der Waals surface area contributed by atoms with Crippen molar-refractivity contribution in [1.82, 2.24) is 0 Å². The van der Waals surface area contributed by atoms with E-state index < -0.39 is 97.5 Å². The molecule has 5 unspecified atom stereocenters. The van der Waals surface area contributed by atoms with E-state index in [2.05, 4.69) is 76.3 Å². The molecule has 0 aliphatic rings. The molecule has 0 aromatic heterocycles. The SMILES string of the molecule is CC/C=C\C/C=C\C/C=C\C/C=C\CCCCC(=O)OCC(COP(=O)(O)OCC(O)COP(=O)(O)OCC(COC(=O)CCCCCCCCCCCCCCCCC)OC(=O)CCCCCCCCCCCCCCC)OC(=O)CCCCCCCCCCCCCCCCC. The molecule has 574 valence electrons. The normalized spacial score (nSPS) is 14.2. The smallest absolute Gasteiger partial charge is 0.462 e. The lowest BCUT2D eigenvalue weighted by Crippen LogP contribution is -2.30. The van der Waals surface area contributed by atoms with Crippen LogP contribution in [-0.2, 0) is 65.4 Å². The van der Waals surface area contributed by atoms with Crippen LogP contribution in [-0.4, -0.2) is 96.7 Å². The van der Waals surface area contributed by atoms with Crippen molar-refractivity contribution >= 4 is 39.5 Å². The molecule has 0 aromatic rings. The van der Waals surface area contributed by atoms with Crippen molar-refractivity contribution < 1.29 is 80.2 Å². The monoisotopic (exact) mass is 1430 g/mol. The highest BCUT2D eigenvalue weighted by Crippen LogP contribution is 2.45. The van der Waals surface area contributed by atoms with Gasteiger partial charge in [0.1, 0.15) is 19.3 Å². The highest BCUT2D eigenvalue weighted by atomic mass is 31.2. The third-order valence-corrected chi connectivity index (χ3v) is 19.2. The Morgan fingerprint density at radius 2 is 0.531 bits per heavy atom. The molecule has 0 bridgehead atoms. The Hall–Kier alpha value is -2.98. The van der Waals surface area contributed by atoms with Gasteiger partial charge < -0.3 is 33.8 Å². The maximum atomic E-state index is 13.1. The van der Waals surface area contributed by atoms with Gasteiger partial charge in [-0.05, 0) is 64.2 Å². The largest absolute Gasteiger partial charge is 0.472 e. The van der Waals surface area contributed by atoms with E-state index in [1.165, 1.54) is 186 Å². The van der Waals surface area contributed by atoms with Crippen molar-refractivity contribution in [2.45, 2.75) is 393 Å². The minimum atomic E-state index is -4.97. The first-order valence-corrected chi connectivity index (χ1v) is 42.9. The summed E-state index contributed by atoms with van der Waals surface area (Å²) in [6.07, 6.45) is 69.5. The molecule has 0 saturated carbocycles. The second kappa shape index (κ2) is 72.4. The van der Waals surface area contributed by atoms with Crippen LogP contribution in [0.15, 0.2) is 48.6 Å². The number of rotatable bonds is 76. The topological polar surface area (TPSA) is 237 Å². The first-order valence-electron chi connectivity index (χ1n) is 39.9. The molecular formula is C79H146O17P2. The van der Waals surface area contributed by atoms with Gasteiger partial charge in [0.15, 0.2) is 12.2 Å². The van der Waals surface area contributed by atoms with E-state index in [1.807, 2.05) is 0 Å². The van der Waals surface area contributed by atoms with Gasteiger partial charge in [-0.25, -0.2) is 9.13 Å². The zero-order chi connectivity index (χ0) is 71.8. The van der Waals surface area contributed by atoms with Gasteiger partial charge in [0.05, 0.1) is 26.4 Å². The number of hydrogen-bond donors (Lipinski definition) is 3. The lowest BCUT2D eigenvalue weighted by atomic mass is 10.0. The summed E-state index contributed by atoms with van der Waals surface area (Å²) in [5, 5.41) is 10.6. The number of hydrogen-bond acceptors (Lipinski definition) is 15. The molecule has 5 atom stereocenters. The van der Waals surface area contributed by atoms with Crippen LogP contribution in [0.1, 0.15) is 374 Å². The summed E-state index contributed by atoms with van der Waals surface area (Å²) in [5.41, 5.74) is 0. The Labute approximate surface area is 597 Å². The first-order chi connectivity index (χ1) is 47.7. The van der Waals surface area contributed by atoms with Crippen LogP contribution in [0.4, 0.5) is 0 Å². The van der Waals surface area contributed by atoms with Crippen molar-refractivity contribution in [3.8, 4) is 0 Å². The van der Waals surface area contributed by atoms with Gasteiger partial charge in [-0.15, -0.1) is 0 Å². The maximum Gasteiger partial charge on any atom is 0.472 e. The van der Waals surface area contributed by atoms with E-state index in [9.17, 15) is 43.2 Å². The zero-order valence-corrected chi connectivity index (χ0v) is 64.5. The number of carbonyl (C=O) groups is 4. The molecule has 17 nitrogen and oxygen atoms in total. The van der Waals surface area contributed by atoms with Gasteiger partial charge in [0.25, 0.3) is 0 Å². The summed E-state index contributed by atoms with van der Waals surface area (Å²) >= 11 is 0. The van der Waals surface area contributed by atoms with E-state index in [0.29, 0.717) is 25.7 Å². The highest BCUT2D eigenvalue weighted by Gasteiger charge is 2.30. The Morgan fingerprint density at radius 1 is 0.296 bits per heavy atom. The summed E-state index contributed by atoms with van der Waals surface area (Å²) in [4.78, 5) is 72.9. The standard InChI is InChI=1S/C79H146O17P2/c1-5-9-13-17-21-25-29-33-36-40-43-47-51-55-59-63-76(81)89-69-74(95-78(83)65-61-57-53-49-45-39-32-28-24-20-16-12-8-4)71-93-97(85,86)91-67-73(80)68-92-98(87,88)94-72-75(96-79(84)66-62-58-54-50-46-42-38-35-31-27-23-19-15-11-7-3)70-90-77(82)64-60-56-52-48-44-41-37-34-30-26-22-18-14-10-6-2/h10,14,22,26,34,37,44,48,73-75,80H,5-9,11-13,15-21,23-25,27-33,35-36,38-43,45-47,49-72H2,1-4H3,(H,85,86)(H,87,88)/b14-10-,26-22-,37-34-,48-44-. The predicted octanol–water partition coefficient (Wildman–Crippen LogP) is 22.9. The molecule has 0 aromatic carbocycles. The van der Waals surface area contributed by atoms with Gasteiger partial charge in [0, 0.05) is 25.7 Å². The summed E-state index contributed by atoms with van der Waals surface area (Å²) < 4.78 is 68.6. The minimum Gasteiger partial charge on any atom is -0.462 e. The number of phosphoric ester groups is 2. The Morgan fingerprint density at radius 3 is 0.816 bits per heavy atom. The molecule has 0 saturated heterocycles. The second-order valence-corrected chi connectivity index (χ2v) is 29.9. The number of allylic oxidation sites excluding steroid dienone is 8. The predicted molar refractivity (Wildman–Crippen MR) is 400 cm³/mol. The minimum absolute atomic E-state index is 0.0936. The molecule has 98 heavy (non-hydrogen) atoms. The van der Waals surface area contributed by atoms with Crippen molar-refractivity contribution in [2.24, 2.45) is 0 Å². The van der Waals surface area contributed by atoms with Gasteiger partial charge in [0.2, 0.25) is 0 Å². The lowest BCUT2D eigenvalue weighted by molar-refractivity contribution is -0.161. The van der Waals surface area contributed by atoms with E-state index in [-0.39, 0.29) is 25.7 Å². The zero-order valence-electron chi connectivity index (χ0n) is 62.7. The van der Waals surface area contributed by atoms with Crippen LogP contribution in [0.2, 0.25) is 0 Å². The summed E-state index contributed by atoms with van der Waals surface area (Å²) in [6.45, 7) is 4.81. The summed E-state index contributed by atoms with van der Waals surface area (Å²) in [7, 11) is -9.94. The van der Waals surface area contributed by atoms with Crippen LogP contribution in [0.5, 0.6) is 0 Å². The Kier molecular flexibility index (Phi) is 70.2. The fourth-order valence-electron chi connectivity index (χ4n) is 11.3. The lowest BCUT2D eigenvalue weighted by Gasteiger charge is -2.21. The maximum absolute atomic E-state index is 13.1. The molecule has 0 radical (unpaired) electrons. The number of ether oxygens (including phenoxy) is 4. The van der Waals surface area contributed by atoms with Gasteiger partial charge in [-0.2, -0.15) is 0 Å². The van der Waals surface area contributed by atoms with Crippen LogP contribution < -0.4 is 0 Å². The van der Waals surface area contributed by atoms with E-state index in [4.69, 9.17) is 37.0 Å². The fourth-order valence-corrected chi connectivity index (χ4v) is 12.9. The molecule has 3 N–H and O–H groups in total. The van der Waals surface area contributed by atoms with E-state index >= 15 is 0 Å². The average Bonchev–Trinajstić information content (AvgIpc) is 1.04. The number of carbonyl (C=O) groups excluding carboxylic acids is 4. The number of phosphoric acid groups is 2. The van der Waals surface area contributed by atoms with E-state index in [1.54, 1.807) is 0 Å². The highest BCUT2D eigenvalue weighted by molar-refractivity contribution is 7.47. The molecule has 0 amide bonds. The number of aliphatic hydroxyl groups is 1. The van der Waals surface area contributed by atoms with Crippen LogP contribution in [0, 0.1) is 0 Å². The van der Waals surface area contributed by atoms with Crippen molar-refractivity contribution in [2.75, 3.05) is 39.6 Å². The molecule has 0 aliphatic carbocycles. The number of unbranched alkanes of at least 4 members (excludes halogenated alkanes) is 42. The molecular weight excluding hydrogens is 1280 g/mol. The van der Waals surface area contributed by atoms with Gasteiger partial charge in [-0.1, -0.05) is 333 Å². The van der Waals surface area contributed by atoms with Crippen molar-refractivity contribution in [3.05, 3.63) is 48.6 Å². The molecule has 0 rings (SSSR count). The van der Waals surface area contributed by atoms with Gasteiger partial charge >= 0.3 is 39.5 Å². The first kappa shape index (κ1) is 95.0. The molecule has 19 heteroatoms. The Bertz CT molecular complexity index is 2050. The van der Waals surface area contributed by atoms with E-state index in [0.717, 1.165) is 109 Å². The second-order valence-electron chi connectivity index (χ2n) is 27.0. The number of esters is 4. The molecule has 0 aliphatic heterocycles. The fraction of sp³-hybridized carbons (Fsp3) is 0.848.